The molecule has 0 spiro atoms. The molecule has 0 atom stereocenters. The molecule has 3 N–H and O–H groups in total. The zero-order valence-electron chi connectivity index (χ0n) is 11.1. The van der Waals surface area contributed by atoms with Gasteiger partial charge in [-0.25, -0.2) is 0 Å². The molecule has 1 rings (SSSR count). The third kappa shape index (κ3) is 6.00. The molecule has 0 saturated heterocycles. The second-order valence-electron chi connectivity index (χ2n) is 4.58. The normalized spacial score (nSPS) is 17.2. The highest BCUT2D eigenvalue weighted by Gasteiger charge is 2.36. The summed E-state index contributed by atoms with van der Waals surface area (Å²) in [5.74, 6) is -0.00751. The summed E-state index contributed by atoms with van der Waals surface area (Å²) in [5.41, 5.74) is 5.41. The molecule has 1 fully saturated rings. The van der Waals surface area contributed by atoms with Crippen molar-refractivity contribution in [2.24, 2.45) is 5.73 Å². The van der Waals surface area contributed by atoms with Gasteiger partial charge in [-0.2, -0.15) is 0 Å². The molecule has 108 valence electrons. The van der Waals surface area contributed by atoms with Crippen LogP contribution in [0.5, 0.6) is 0 Å². The molecule has 0 bridgehead atoms. The average molecular weight is 281 g/mol. The molecule has 0 aromatic rings. The highest BCUT2D eigenvalue weighted by molar-refractivity contribution is 5.86. The lowest BCUT2D eigenvalue weighted by molar-refractivity contribution is -0.126. The summed E-state index contributed by atoms with van der Waals surface area (Å²) in [6.45, 7) is 2.48. The lowest BCUT2D eigenvalue weighted by atomic mass is 9.98. The molecule has 1 aliphatic rings. The summed E-state index contributed by atoms with van der Waals surface area (Å²) in [6, 6.07) is 0. The average Bonchev–Trinajstić information content (AvgIpc) is 2.76. The van der Waals surface area contributed by atoms with Gasteiger partial charge in [-0.1, -0.05) is 12.8 Å². The minimum atomic E-state index is -0.614. The number of carbonyl (C=O) groups excluding carboxylic acids is 1. The maximum Gasteiger partial charge on any atom is 0.240 e. The zero-order valence-corrected chi connectivity index (χ0v) is 11.9. The van der Waals surface area contributed by atoms with Crippen LogP contribution in [0.4, 0.5) is 0 Å². The fourth-order valence-corrected chi connectivity index (χ4v) is 2.03. The van der Waals surface area contributed by atoms with E-state index in [1.54, 1.807) is 7.11 Å². The maximum absolute atomic E-state index is 11.8. The number of halogens is 1. The second kappa shape index (κ2) is 9.55. The Hall–Kier alpha value is -0.360. The van der Waals surface area contributed by atoms with Crippen molar-refractivity contribution in [1.29, 1.82) is 0 Å². The first-order valence-electron chi connectivity index (χ1n) is 6.33. The van der Waals surface area contributed by atoms with E-state index >= 15 is 0 Å². The van der Waals surface area contributed by atoms with Crippen LogP contribution in [0.1, 0.15) is 32.1 Å². The number of hydrogen-bond acceptors (Lipinski definition) is 4. The van der Waals surface area contributed by atoms with Gasteiger partial charge in [-0.3, -0.25) is 4.79 Å². The van der Waals surface area contributed by atoms with Crippen molar-refractivity contribution in [1.82, 2.24) is 5.32 Å². The molecule has 0 aromatic carbocycles. The van der Waals surface area contributed by atoms with Crippen molar-refractivity contribution in [3.8, 4) is 0 Å². The van der Waals surface area contributed by atoms with E-state index < -0.39 is 5.54 Å². The van der Waals surface area contributed by atoms with Crippen LogP contribution in [0.2, 0.25) is 0 Å². The molecule has 0 aliphatic heterocycles. The summed E-state index contributed by atoms with van der Waals surface area (Å²) < 4.78 is 10.2. The van der Waals surface area contributed by atoms with E-state index in [1.165, 1.54) is 0 Å². The van der Waals surface area contributed by atoms with Crippen LogP contribution >= 0.6 is 12.4 Å². The van der Waals surface area contributed by atoms with Crippen LogP contribution < -0.4 is 11.1 Å². The third-order valence-corrected chi connectivity index (χ3v) is 3.13. The smallest absolute Gasteiger partial charge is 0.240 e. The van der Waals surface area contributed by atoms with Gasteiger partial charge in [0.25, 0.3) is 0 Å². The topological polar surface area (TPSA) is 73.6 Å². The Kier molecular flexibility index (Phi) is 9.36. The van der Waals surface area contributed by atoms with Gasteiger partial charge < -0.3 is 20.5 Å². The molecule has 0 heterocycles. The van der Waals surface area contributed by atoms with Crippen molar-refractivity contribution in [2.45, 2.75) is 37.6 Å². The van der Waals surface area contributed by atoms with Gasteiger partial charge in [-0.05, 0) is 19.3 Å². The third-order valence-electron chi connectivity index (χ3n) is 3.13. The van der Waals surface area contributed by atoms with Crippen LogP contribution in [0.25, 0.3) is 0 Å². The van der Waals surface area contributed by atoms with Gasteiger partial charge in [0.05, 0.1) is 18.8 Å². The van der Waals surface area contributed by atoms with Crippen LogP contribution in [0.15, 0.2) is 0 Å². The number of rotatable bonds is 8. The van der Waals surface area contributed by atoms with Crippen LogP contribution in [0, 0.1) is 0 Å². The molecule has 0 unspecified atom stereocenters. The molecule has 18 heavy (non-hydrogen) atoms. The van der Waals surface area contributed by atoms with Crippen LogP contribution in [0.3, 0.4) is 0 Å². The molecule has 5 nitrogen and oxygen atoms in total. The number of ether oxygens (including phenoxy) is 2. The summed E-state index contributed by atoms with van der Waals surface area (Å²) in [7, 11) is 1.64. The zero-order chi connectivity index (χ0) is 12.6. The van der Waals surface area contributed by atoms with E-state index in [2.05, 4.69) is 5.32 Å². The van der Waals surface area contributed by atoms with E-state index in [4.69, 9.17) is 15.2 Å². The van der Waals surface area contributed by atoms with E-state index in [9.17, 15) is 4.79 Å². The minimum absolute atomic E-state index is 0. The number of amides is 1. The fraction of sp³-hybridized carbons (Fsp3) is 0.917. The van der Waals surface area contributed by atoms with Crippen molar-refractivity contribution in [3.63, 3.8) is 0 Å². The second-order valence-corrected chi connectivity index (χ2v) is 4.58. The van der Waals surface area contributed by atoms with Gasteiger partial charge >= 0.3 is 0 Å². The summed E-state index contributed by atoms with van der Waals surface area (Å²) in [4.78, 5) is 11.8. The highest BCUT2D eigenvalue weighted by Crippen LogP contribution is 2.27. The molecule has 0 radical (unpaired) electrons. The van der Waals surface area contributed by atoms with Crippen molar-refractivity contribution in [3.05, 3.63) is 0 Å². The molecule has 1 aliphatic carbocycles. The molecular formula is C12H25ClN2O3. The number of hydrogen-bond donors (Lipinski definition) is 2. The highest BCUT2D eigenvalue weighted by atomic mass is 35.5. The van der Waals surface area contributed by atoms with Crippen molar-refractivity contribution < 1.29 is 14.3 Å². The molecule has 0 aromatic heterocycles. The Labute approximate surface area is 115 Å². The predicted molar refractivity (Wildman–Crippen MR) is 73.0 cm³/mol. The van der Waals surface area contributed by atoms with E-state index in [-0.39, 0.29) is 18.3 Å². The first-order chi connectivity index (χ1) is 8.19. The number of nitrogens with one attached hydrogen (secondary N) is 1. The quantitative estimate of drug-likeness (QED) is 0.647. The molecule has 1 amide bonds. The van der Waals surface area contributed by atoms with Gasteiger partial charge in [0, 0.05) is 20.3 Å². The summed E-state index contributed by atoms with van der Waals surface area (Å²) in [5, 5.41) is 2.88. The Morgan fingerprint density at radius 2 is 1.94 bits per heavy atom. The van der Waals surface area contributed by atoms with Gasteiger partial charge in [0.1, 0.15) is 0 Å². The van der Waals surface area contributed by atoms with Gasteiger partial charge in [0.15, 0.2) is 0 Å². The Bertz CT molecular complexity index is 233. The van der Waals surface area contributed by atoms with Crippen LogP contribution in [-0.2, 0) is 14.3 Å². The molecule has 6 heteroatoms. The maximum atomic E-state index is 11.8. The van der Waals surface area contributed by atoms with E-state index in [0.29, 0.717) is 26.4 Å². The SMILES string of the molecule is COCCOCCCNC(=O)C1(N)CCCC1.Cl. The lowest BCUT2D eigenvalue weighted by Gasteiger charge is -2.22. The lowest BCUT2D eigenvalue weighted by Crippen LogP contribution is -2.52. The number of nitrogens with two attached hydrogens (primary N) is 1. The first-order valence-corrected chi connectivity index (χ1v) is 6.33. The molecular weight excluding hydrogens is 256 g/mol. The largest absolute Gasteiger partial charge is 0.382 e. The first kappa shape index (κ1) is 17.6. The Balaban J connectivity index is 0.00000289. The van der Waals surface area contributed by atoms with Crippen molar-refractivity contribution >= 4 is 18.3 Å². The predicted octanol–water partition coefficient (Wildman–Crippen LogP) is 0.849. The fourth-order valence-electron chi connectivity index (χ4n) is 2.03. The Morgan fingerprint density at radius 1 is 1.28 bits per heavy atom. The molecule has 1 saturated carbocycles. The van der Waals surface area contributed by atoms with Gasteiger partial charge in [-0.15, -0.1) is 12.4 Å². The van der Waals surface area contributed by atoms with Crippen LogP contribution in [-0.4, -0.2) is 44.9 Å². The number of carbonyl (C=O) groups is 1. The van der Waals surface area contributed by atoms with E-state index in [0.717, 1.165) is 32.1 Å². The van der Waals surface area contributed by atoms with E-state index in [1.807, 2.05) is 0 Å². The Morgan fingerprint density at radius 3 is 2.56 bits per heavy atom. The summed E-state index contributed by atoms with van der Waals surface area (Å²) in [6.07, 6.45) is 4.55. The standard InChI is InChI=1S/C12H24N2O3.ClH/c1-16-9-10-17-8-4-7-14-11(15)12(13)5-2-3-6-12;/h2-10,13H2,1H3,(H,14,15);1H. The monoisotopic (exact) mass is 280 g/mol. The summed E-state index contributed by atoms with van der Waals surface area (Å²) >= 11 is 0. The van der Waals surface area contributed by atoms with Gasteiger partial charge in [0.2, 0.25) is 5.91 Å². The van der Waals surface area contributed by atoms with Crippen molar-refractivity contribution in [2.75, 3.05) is 33.5 Å². The number of methoxy groups -OCH3 is 1. The minimum Gasteiger partial charge on any atom is -0.382 e.